The Morgan fingerprint density at radius 2 is 1.84 bits per heavy atom. The summed E-state index contributed by atoms with van der Waals surface area (Å²) in [7, 11) is 1.96. The second-order valence-electron chi connectivity index (χ2n) is 5.22. The summed E-state index contributed by atoms with van der Waals surface area (Å²) in [6, 6.07) is 6.75. The second-order valence-corrected chi connectivity index (χ2v) is 5.22. The standard InChI is InChI=1S/C16H23N3/c1-6-17-16(14-7-8-19(5)18-14)15-12(3)9-11(2)10-13(15)4/h7-10,16-17H,6H2,1-5H3. The molecule has 0 bridgehead atoms. The number of aryl methyl sites for hydroxylation is 4. The van der Waals surface area contributed by atoms with Crippen LogP contribution in [0.4, 0.5) is 0 Å². The SMILES string of the molecule is CCNC(c1ccn(C)n1)c1c(C)cc(C)cc1C. The summed E-state index contributed by atoms with van der Waals surface area (Å²) >= 11 is 0. The third kappa shape index (κ3) is 2.87. The van der Waals surface area contributed by atoms with E-state index in [-0.39, 0.29) is 6.04 Å². The van der Waals surface area contributed by atoms with Crippen molar-refractivity contribution in [3.05, 3.63) is 52.3 Å². The Kier molecular flexibility index (Phi) is 4.05. The fraction of sp³-hybridized carbons (Fsp3) is 0.438. The van der Waals surface area contributed by atoms with Crippen LogP contribution in [0.5, 0.6) is 0 Å². The molecular weight excluding hydrogens is 234 g/mol. The summed E-state index contributed by atoms with van der Waals surface area (Å²) in [6.45, 7) is 9.57. The van der Waals surface area contributed by atoms with Crippen LogP contribution in [0.25, 0.3) is 0 Å². The largest absolute Gasteiger partial charge is 0.305 e. The maximum atomic E-state index is 4.56. The van der Waals surface area contributed by atoms with Gasteiger partial charge in [0.25, 0.3) is 0 Å². The van der Waals surface area contributed by atoms with Crippen LogP contribution in [0, 0.1) is 20.8 Å². The van der Waals surface area contributed by atoms with Crippen molar-refractivity contribution < 1.29 is 0 Å². The lowest BCUT2D eigenvalue weighted by atomic mass is 9.92. The fourth-order valence-electron chi connectivity index (χ4n) is 2.79. The lowest BCUT2D eigenvalue weighted by molar-refractivity contribution is 0.595. The summed E-state index contributed by atoms with van der Waals surface area (Å²) < 4.78 is 1.86. The van der Waals surface area contributed by atoms with Crippen molar-refractivity contribution in [1.82, 2.24) is 15.1 Å². The first-order valence-electron chi connectivity index (χ1n) is 6.83. The average molecular weight is 257 g/mol. The van der Waals surface area contributed by atoms with Crippen LogP contribution >= 0.6 is 0 Å². The van der Waals surface area contributed by atoms with Crippen LogP contribution in [-0.4, -0.2) is 16.3 Å². The maximum absolute atomic E-state index is 4.56. The quantitative estimate of drug-likeness (QED) is 0.912. The Balaban J connectivity index is 2.51. The van der Waals surface area contributed by atoms with Crippen molar-refractivity contribution in [2.75, 3.05) is 6.54 Å². The molecule has 2 rings (SSSR count). The molecular formula is C16H23N3. The number of rotatable bonds is 4. The Bertz CT molecular complexity index is 546. The summed E-state index contributed by atoms with van der Waals surface area (Å²) in [5.41, 5.74) is 6.41. The number of hydrogen-bond acceptors (Lipinski definition) is 2. The first-order chi connectivity index (χ1) is 9.02. The van der Waals surface area contributed by atoms with Gasteiger partial charge < -0.3 is 5.32 Å². The molecule has 102 valence electrons. The molecule has 1 N–H and O–H groups in total. The van der Waals surface area contributed by atoms with Crippen molar-refractivity contribution in [3.8, 4) is 0 Å². The van der Waals surface area contributed by atoms with Crippen LogP contribution in [0.3, 0.4) is 0 Å². The minimum absolute atomic E-state index is 0.173. The van der Waals surface area contributed by atoms with Gasteiger partial charge in [0.15, 0.2) is 0 Å². The number of benzene rings is 1. The van der Waals surface area contributed by atoms with Gasteiger partial charge in [-0.25, -0.2) is 0 Å². The monoisotopic (exact) mass is 257 g/mol. The van der Waals surface area contributed by atoms with Crippen molar-refractivity contribution >= 4 is 0 Å². The molecule has 1 aromatic heterocycles. The van der Waals surface area contributed by atoms with Gasteiger partial charge in [-0.05, 0) is 50.1 Å². The van der Waals surface area contributed by atoms with Crippen LogP contribution in [0.15, 0.2) is 24.4 Å². The van der Waals surface area contributed by atoms with E-state index >= 15 is 0 Å². The van der Waals surface area contributed by atoms with Crippen molar-refractivity contribution in [2.45, 2.75) is 33.7 Å². The van der Waals surface area contributed by atoms with Crippen molar-refractivity contribution in [2.24, 2.45) is 7.05 Å². The molecule has 0 spiro atoms. The lowest BCUT2D eigenvalue weighted by Crippen LogP contribution is -2.24. The highest BCUT2D eigenvalue weighted by Gasteiger charge is 2.19. The van der Waals surface area contributed by atoms with Gasteiger partial charge in [-0.3, -0.25) is 4.68 Å². The summed E-state index contributed by atoms with van der Waals surface area (Å²) in [4.78, 5) is 0. The Morgan fingerprint density at radius 1 is 1.21 bits per heavy atom. The van der Waals surface area contributed by atoms with Gasteiger partial charge in [-0.15, -0.1) is 0 Å². The summed E-state index contributed by atoms with van der Waals surface area (Å²) in [5.74, 6) is 0. The molecule has 19 heavy (non-hydrogen) atoms. The van der Waals surface area contributed by atoms with Gasteiger partial charge in [-0.2, -0.15) is 5.10 Å². The van der Waals surface area contributed by atoms with E-state index in [1.807, 2.05) is 17.9 Å². The molecule has 3 nitrogen and oxygen atoms in total. The van der Waals surface area contributed by atoms with Crippen LogP contribution in [0.2, 0.25) is 0 Å². The predicted molar refractivity (Wildman–Crippen MR) is 79.4 cm³/mol. The van der Waals surface area contributed by atoms with E-state index < -0.39 is 0 Å². The van der Waals surface area contributed by atoms with E-state index in [1.165, 1.54) is 22.3 Å². The zero-order valence-electron chi connectivity index (χ0n) is 12.5. The maximum Gasteiger partial charge on any atom is 0.0839 e. The van der Waals surface area contributed by atoms with E-state index in [4.69, 9.17) is 0 Å². The van der Waals surface area contributed by atoms with Crippen LogP contribution < -0.4 is 5.32 Å². The predicted octanol–water partition coefficient (Wildman–Crippen LogP) is 3.04. The van der Waals surface area contributed by atoms with E-state index in [1.54, 1.807) is 0 Å². The molecule has 0 fully saturated rings. The molecule has 1 heterocycles. The minimum atomic E-state index is 0.173. The minimum Gasteiger partial charge on any atom is -0.305 e. The zero-order chi connectivity index (χ0) is 14.0. The van der Waals surface area contributed by atoms with E-state index in [9.17, 15) is 0 Å². The smallest absolute Gasteiger partial charge is 0.0839 e. The lowest BCUT2D eigenvalue weighted by Gasteiger charge is -2.21. The first-order valence-corrected chi connectivity index (χ1v) is 6.83. The Labute approximate surface area is 115 Å². The van der Waals surface area contributed by atoms with Crippen molar-refractivity contribution in [1.29, 1.82) is 0 Å². The molecule has 0 aliphatic carbocycles. The third-order valence-corrected chi connectivity index (χ3v) is 3.46. The van der Waals surface area contributed by atoms with Gasteiger partial charge in [0.05, 0.1) is 11.7 Å². The number of aromatic nitrogens is 2. The summed E-state index contributed by atoms with van der Waals surface area (Å²) in [6.07, 6.45) is 2.00. The first kappa shape index (κ1) is 13.8. The second kappa shape index (κ2) is 5.57. The summed E-state index contributed by atoms with van der Waals surface area (Å²) in [5, 5.41) is 8.12. The highest BCUT2D eigenvalue weighted by Crippen LogP contribution is 2.27. The molecule has 1 unspecified atom stereocenters. The number of hydrogen-bond donors (Lipinski definition) is 1. The molecule has 2 aromatic rings. The molecule has 0 aliphatic rings. The van der Waals surface area contributed by atoms with Gasteiger partial charge in [0.1, 0.15) is 0 Å². The topological polar surface area (TPSA) is 29.9 Å². The number of nitrogens with one attached hydrogen (secondary N) is 1. The van der Waals surface area contributed by atoms with E-state index in [0.717, 1.165) is 12.2 Å². The molecule has 0 amide bonds. The van der Waals surface area contributed by atoms with Gasteiger partial charge in [0.2, 0.25) is 0 Å². The van der Waals surface area contributed by atoms with Crippen molar-refractivity contribution in [3.63, 3.8) is 0 Å². The molecule has 1 atom stereocenters. The van der Waals surface area contributed by atoms with E-state index in [2.05, 4.69) is 56.3 Å². The third-order valence-electron chi connectivity index (χ3n) is 3.46. The van der Waals surface area contributed by atoms with Crippen LogP contribution in [-0.2, 0) is 7.05 Å². The van der Waals surface area contributed by atoms with Gasteiger partial charge >= 0.3 is 0 Å². The van der Waals surface area contributed by atoms with Gasteiger partial charge in [-0.1, -0.05) is 24.6 Å². The zero-order valence-corrected chi connectivity index (χ0v) is 12.5. The molecule has 0 saturated carbocycles. The fourth-order valence-corrected chi connectivity index (χ4v) is 2.79. The Morgan fingerprint density at radius 3 is 2.32 bits per heavy atom. The van der Waals surface area contributed by atoms with E-state index in [0.29, 0.717) is 0 Å². The average Bonchev–Trinajstić information content (AvgIpc) is 2.73. The highest BCUT2D eigenvalue weighted by atomic mass is 15.3. The molecule has 0 aliphatic heterocycles. The normalized spacial score (nSPS) is 12.7. The number of nitrogens with zero attached hydrogens (tertiary/aromatic N) is 2. The molecule has 3 heteroatoms. The van der Waals surface area contributed by atoms with Crippen LogP contribution in [0.1, 0.15) is 40.9 Å². The van der Waals surface area contributed by atoms with Gasteiger partial charge in [0, 0.05) is 13.2 Å². The molecule has 1 aromatic carbocycles. The highest BCUT2D eigenvalue weighted by molar-refractivity contribution is 5.42. The molecule has 0 radical (unpaired) electrons. The Hall–Kier alpha value is -1.61. The molecule has 0 saturated heterocycles.